The zero-order chi connectivity index (χ0) is 26.5. The quantitative estimate of drug-likeness (QED) is 0.240. The van der Waals surface area contributed by atoms with E-state index < -0.39 is 52.0 Å². The first-order valence-electron chi connectivity index (χ1n) is 12.2. The number of aliphatic hydroxyl groups excluding tert-OH is 2. The summed E-state index contributed by atoms with van der Waals surface area (Å²) in [6.07, 6.45) is 2.18. The number of Topliss-reactive ketones (excluding diaryl/α,β-unsaturated/α-hetero) is 2. The van der Waals surface area contributed by atoms with Crippen LogP contribution in [-0.4, -0.2) is 64.1 Å². The molecule has 4 rings (SSSR count). The molecule has 0 saturated heterocycles. The predicted octanol–water partition coefficient (Wildman–Crippen LogP) is 1.54. The molecule has 1 aromatic rings. The van der Waals surface area contributed by atoms with Crippen molar-refractivity contribution in [3.05, 3.63) is 45.4 Å². The largest absolute Gasteiger partial charge is 0.511 e. The van der Waals surface area contributed by atoms with E-state index >= 15 is 0 Å². The number of phenolic OH excluding ortho intramolecular Hbond substituents is 1. The highest BCUT2D eigenvalue weighted by Crippen LogP contribution is 2.52. The minimum Gasteiger partial charge on any atom is -0.511 e. The van der Waals surface area contributed by atoms with E-state index in [1.807, 2.05) is 19.0 Å². The van der Waals surface area contributed by atoms with Gasteiger partial charge in [-0.3, -0.25) is 14.4 Å². The van der Waals surface area contributed by atoms with Crippen LogP contribution < -0.4 is 16.0 Å². The Bertz CT molecular complexity index is 1220. The SMILES string of the molecule is CCCCNCc1cc(O)c2c(c1N(C)C)CC1C[C@H]3CC(O)=C(C(N)=O)C(=O)[C@@]3(O)C(O)=C1C2=O. The van der Waals surface area contributed by atoms with Crippen LogP contribution in [0.1, 0.15) is 54.1 Å². The second kappa shape index (κ2) is 9.25. The van der Waals surface area contributed by atoms with E-state index in [2.05, 4.69) is 12.2 Å². The third-order valence-corrected chi connectivity index (χ3v) is 7.58. The number of nitrogens with zero attached hydrogens (tertiary/aromatic N) is 1. The van der Waals surface area contributed by atoms with Gasteiger partial charge in [-0.2, -0.15) is 0 Å². The minimum absolute atomic E-state index is 0.0210. The van der Waals surface area contributed by atoms with Gasteiger partial charge in [-0.05, 0) is 48.9 Å². The van der Waals surface area contributed by atoms with Crippen molar-refractivity contribution in [2.75, 3.05) is 25.5 Å². The molecular weight excluding hydrogens is 466 g/mol. The zero-order valence-electron chi connectivity index (χ0n) is 20.7. The number of benzene rings is 1. The lowest BCUT2D eigenvalue weighted by molar-refractivity contribution is -0.144. The van der Waals surface area contributed by atoms with Crippen molar-refractivity contribution in [1.82, 2.24) is 5.32 Å². The van der Waals surface area contributed by atoms with Gasteiger partial charge in [-0.15, -0.1) is 0 Å². The number of fused-ring (bicyclic) bond motifs is 3. The monoisotopic (exact) mass is 499 g/mol. The number of allylic oxidation sites excluding steroid dienone is 2. The Balaban J connectivity index is 1.83. The molecule has 7 N–H and O–H groups in total. The summed E-state index contributed by atoms with van der Waals surface area (Å²) < 4.78 is 0. The van der Waals surface area contributed by atoms with Crippen molar-refractivity contribution in [3.8, 4) is 5.75 Å². The summed E-state index contributed by atoms with van der Waals surface area (Å²) in [6.45, 7) is 3.40. The summed E-state index contributed by atoms with van der Waals surface area (Å²) in [5.74, 6) is -6.26. The second-order valence-electron chi connectivity index (χ2n) is 10.1. The van der Waals surface area contributed by atoms with E-state index in [-0.39, 0.29) is 36.1 Å². The number of nitrogens with two attached hydrogens (primary N) is 1. The van der Waals surface area contributed by atoms with Crippen molar-refractivity contribution in [2.24, 2.45) is 17.6 Å². The first kappa shape index (κ1) is 25.7. The van der Waals surface area contributed by atoms with Crippen LogP contribution in [0.5, 0.6) is 5.75 Å². The van der Waals surface area contributed by atoms with Gasteiger partial charge >= 0.3 is 0 Å². The van der Waals surface area contributed by atoms with Crippen LogP contribution in [0.15, 0.2) is 28.7 Å². The molecular formula is C26H33N3O7. The van der Waals surface area contributed by atoms with Gasteiger partial charge in [0.05, 0.1) is 5.56 Å². The maximum absolute atomic E-state index is 13.7. The number of ketones is 2. The lowest BCUT2D eigenvalue weighted by atomic mass is 9.60. The number of nitrogens with one attached hydrogen (secondary N) is 1. The third kappa shape index (κ3) is 3.75. The maximum atomic E-state index is 13.7. The van der Waals surface area contributed by atoms with Crippen molar-refractivity contribution < 1.29 is 34.8 Å². The van der Waals surface area contributed by atoms with Crippen LogP contribution in [0.3, 0.4) is 0 Å². The molecule has 1 unspecified atom stereocenters. The Kier molecular flexibility index (Phi) is 6.61. The summed E-state index contributed by atoms with van der Waals surface area (Å²) in [5, 5.41) is 47.0. The number of carbonyl (C=O) groups excluding carboxylic acids is 3. The molecule has 10 heteroatoms. The van der Waals surface area contributed by atoms with E-state index in [9.17, 15) is 34.8 Å². The fourth-order valence-corrected chi connectivity index (χ4v) is 5.96. The topological polar surface area (TPSA) is 173 Å². The predicted molar refractivity (Wildman–Crippen MR) is 132 cm³/mol. The number of phenols is 1. The summed E-state index contributed by atoms with van der Waals surface area (Å²) in [5.41, 5.74) is 4.00. The van der Waals surface area contributed by atoms with Crippen molar-refractivity contribution in [2.45, 2.75) is 51.2 Å². The molecule has 194 valence electrons. The highest BCUT2D eigenvalue weighted by Gasteiger charge is 2.59. The lowest BCUT2D eigenvalue weighted by Crippen LogP contribution is -2.57. The lowest BCUT2D eigenvalue weighted by Gasteiger charge is -2.46. The number of anilines is 1. The number of primary amides is 1. The molecule has 36 heavy (non-hydrogen) atoms. The first-order valence-corrected chi connectivity index (χ1v) is 12.2. The summed E-state index contributed by atoms with van der Waals surface area (Å²) >= 11 is 0. The van der Waals surface area contributed by atoms with Gasteiger partial charge in [0.15, 0.2) is 11.4 Å². The maximum Gasteiger partial charge on any atom is 0.255 e. The molecule has 3 aliphatic carbocycles. The smallest absolute Gasteiger partial charge is 0.255 e. The molecule has 1 aromatic carbocycles. The van der Waals surface area contributed by atoms with E-state index in [0.29, 0.717) is 12.1 Å². The fourth-order valence-electron chi connectivity index (χ4n) is 5.96. The number of hydrogen-bond acceptors (Lipinski definition) is 9. The van der Waals surface area contributed by atoms with Gasteiger partial charge in [0, 0.05) is 44.2 Å². The molecule has 3 aliphatic rings. The van der Waals surface area contributed by atoms with Crippen LogP contribution in [0.4, 0.5) is 5.69 Å². The normalized spacial score (nSPS) is 25.4. The standard InChI is InChI=1S/C26H33N3O7/c1-4-5-6-28-11-13-9-16(30)19-15(21(13)29(2)3)8-12-7-14-10-17(31)20(25(27)35)24(34)26(14,36)23(33)18(12)22(19)32/h9,12,14,28,30-31,33,36H,4-8,10-11H2,1-3H3,(H2,27,35)/t12?,14-,26-/m0/s1. The van der Waals surface area contributed by atoms with E-state index in [1.54, 1.807) is 0 Å². The second-order valence-corrected chi connectivity index (χ2v) is 10.1. The Hall–Kier alpha value is -3.37. The van der Waals surface area contributed by atoms with Crippen molar-refractivity contribution >= 4 is 23.2 Å². The number of aliphatic hydroxyl groups is 3. The van der Waals surface area contributed by atoms with Gasteiger partial charge in [0.1, 0.15) is 22.8 Å². The molecule has 0 aliphatic heterocycles. The fraction of sp³-hybridized carbons (Fsp3) is 0.500. The van der Waals surface area contributed by atoms with Crippen LogP contribution in [-0.2, 0) is 22.6 Å². The van der Waals surface area contributed by atoms with Crippen molar-refractivity contribution in [3.63, 3.8) is 0 Å². The van der Waals surface area contributed by atoms with Gasteiger partial charge in [0.25, 0.3) is 5.91 Å². The third-order valence-electron chi connectivity index (χ3n) is 7.58. The average molecular weight is 500 g/mol. The number of rotatable bonds is 7. The van der Waals surface area contributed by atoms with E-state index in [4.69, 9.17) is 5.73 Å². The van der Waals surface area contributed by atoms with Crippen LogP contribution in [0.25, 0.3) is 0 Å². The number of hydrogen-bond donors (Lipinski definition) is 6. The molecule has 3 atom stereocenters. The molecule has 0 spiro atoms. The highest BCUT2D eigenvalue weighted by molar-refractivity contribution is 6.24. The molecule has 0 bridgehead atoms. The molecule has 0 fully saturated rings. The Morgan fingerprint density at radius 2 is 1.92 bits per heavy atom. The highest BCUT2D eigenvalue weighted by atomic mass is 16.3. The Labute approximate surface area is 209 Å². The van der Waals surface area contributed by atoms with Crippen LogP contribution in [0.2, 0.25) is 0 Å². The van der Waals surface area contributed by atoms with Crippen LogP contribution in [0, 0.1) is 11.8 Å². The molecule has 10 nitrogen and oxygen atoms in total. The Morgan fingerprint density at radius 1 is 1.22 bits per heavy atom. The number of unbranched alkanes of at least 4 members (excludes halogenated alkanes) is 1. The van der Waals surface area contributed by atoms with Gasteiger partial charge in [-0.1, -0.05) is 13.3 Å². The number of amides is 1. The minimum atomic E-state index is -2.56. The van der Waals surface area contributed by atoms with Gasteiger partial charge < -0.3 is 36.4 Å². The van der Waals surface area contributed by atoms with Crippen LogP contribution >= 0.6 is 0 Å². The van der Waals surface area contributed by atoms with E-state index in [0.717, 1.165) is 30.6 Å². The molecule has 0 radical (unpaired) electrons. The molecule has 0 aromatic heterocycles. The molecule has 0 saturated carbocycles. The van der Waals surface area contributed by atoms with E-state index in [1.165, 1.54) is 6.07 Å². The van der Waals surface area contributed by atoms with Gasteiger partial charge in [-0.25, -0.2) is 0 Å². The Morgan fingerprint density at radius 3 is 2.53 bits per heavy atom. The number of carbonyl (C=O) groups is 3. The van der Waals surface area contributed by atoms with Crippen molar-refractivity contribution in [1.29, 1.82) is 0 Å². The summed E-state index contributed by atoms with van der Waals surface area (Å²) in [4.78, 5) is 40.4. The average Bonchev–Trinajstić information content (AvgIpc) is 2.78. The summed E-state index contributed by atoms with van der Waals surface area (Å²) in [6, 6.07) is 1.53. The molecule has 1 amide bonds. The summed E-state index contributed by atoms with van der Waals surface area (Å²) in [7, 11) is 3.70. The zero-order valence-corrected chi connectivity index (χ0v) is 20.7. The molecule has 0 heterocycles. The van der Waals surface area contributed by atoms with Gasteiger partial charge in [0.2, 0.25) is 5.78 Å². The first-order chi connectivity index (χ1) is 16.9. The number of aromatic hydroxyl groups is 1.